The number of benzene rings is 1. The molecule has 4 heteroatoms. The van der Waals surface area contributed by atoms with Gasteiger partial charge >= 0.3 is 0 Å². The van der Waals surface area contributed by atoms with Crippen LogP contribution in [0, 0.1) is 45.8 Å². The predicted octanol–water partition coefficient (Wildman–Crippen LogP) is 10.0. The molecule has 1 aromatic carbocycles. The smallest absolute Gasteiger partial charge is 0.137 e. The Morgan fingerprint density at radius 3 is 2.36 bits per heavy atom. The Balaban J connectivity index is 1.24. The lowest BCUT2D eigenvalue weighted by Crippen LogP contribution is -2.51. The second-order valence-electron chi connectivity index (χ2n) is 15.7. The van der Waals surface area contributed by atoms with Crippen molar-refractivity contribution in [3.05, 3.63) is 69.7 Å². The predicted molar refractivity (Wildman–Crippen MR) is 178 cm³/mol. The fourth-order valence-corrected chi connectivity index (χ4v) is 10.5. The third kappa shape index (κ3) is 5.34. The number of anilines is 1. The highest BCUT2D eigenvalue weighted by molar-refractivity contribution is 5.71. The van der Waals surface area contributed by atoms with E-state index in [2.05, 4.69) is 62.1 Å². The molecule has 8 rings (SSSR count). The second-order valence-corrected chi connectivity index (χ2v) is 15.7. The van der Waals surface area contributed by atoms with Crippen molar-refractivity contribution < 1.29 is 4.74 Å². The van der Waals surface area contributed by atoms with Crippen LogP contribution in [0.3, 0.4) is 0 Å². The molecule has 0 N–H and O–H groups in total. The molecule has 44 heavy (non-hydrogen) atoms. The SMILES string of the molecule is CCCCCCC1=CC(=C(C#N)C#N)C=C(/C=C/c2cc3c4c(c2)C(C)(C)CCN4CCC3C23CC4CC(CC(C4)C2)C3)O1. The van der Waals surface area contributed by atoms with E-state index >= 15 is 0 Å². The van der Waals surface area contributed by atoms with Crippen LogP contribution in [-0.2, 0) is 10.2 Å². The normalized spacial score (nSPS) is 31.1. The van der Waals surface area contributed by atoms with E-state index in [-0.39, 0.29) is 11.0 Å². The van der Waals surface area contributed by atoms with Crippen LogP contribution >= 0.6 is 0 Å². The zero-order valence-corrected chi connectivity index (χ0v) is 27.1. The molecular weight excluding hydrogens is 538 g/mol. The monoisotopic (exact) mass is 587 g/mol. The number of unbranched alkanes of at least 4 members (excludes halogenated alkanes) is 3. The van der Waals surface area contributed by atoms with Crippen LogP contribution in [-0.4, -0.2) is 13.1 Å². The van der Waals surface area contributed by atoms with Crippen molar-refractivity contribution in [1.29, 1.82) is 10.5 Å². The van der Waals surface area contributed by atoms with E-state index in [1.54, 1.807) is 11.3 Å². The number of nitriles is 2. The highest BCUT2D eigenvalue weighted by Gasteiger charge is 2.55. The fraction of sp³-hybridized carbons (Fsp3) is 0.600. The highest BCUT2D eigenvalue weighted by atomic mass is 16.5. The molecule has 0 amide bonds. The molecule has 4 bridgehead atoms. The van der Waals surface area contributed by atoms with Gasteiger partial charge < -0.3 is 9.64 Å². The van der Waals surface area contributed by atoms with Crippen LogP contribution in [0.2, 0.25) is 0 Å². The van der Waals surface area contributed by atoms with Crippen molar-refractivity contribution in [3.63, 3.8) is 0 Å². The number of rotatable bonds is 8. The van der Waals surface area contributed by atoms with Crippen molar-refractivity contribution in [2.75, 3.05) is 18.0 Å². The topological polar surface area (TPSA) is 60.0 Å². The summed E-state index contributed by atoms with van der Waals surface area (Å²) in [7, 11) is 0. The van der Waals surface area contributed by atoms with E-state index in [1.165, 1.54) is 88.4 Å². The Hall–Kier alpha value is -3.24. The first-order valence-electron chi connectivity index (χ1n) is 17.6. The number of hydrogen-bond donors (Lipinski definition) is 0. The Kier molecular flexibility index (Phi) is 7.77. The molecule has 230 valence electrons. The molecule has 7 aliphatic rings. The van der Waals surface area contributed by atoms with Crippen molar-refractivity contribution in [3.8, 4) is 12.1 Å². The minimum atomic E-state index is 0.142. The summed E-state index contributed by atoms with van der Waals surface area (Å²) in [5.74, 6) is 5.10. The van der Waals surface area contributed by atoms with Gasteiger partial charge in [-0.15, -0.1) is 0 Å². The molecule has 0 saturated heterocycles. The van der Waals surface area contributed by atoms with Crippen LogP contribution < -0.4 is 4.90 Å². The fourth-order valence-electron chi connectivity index (χ4n) is 10.5. The summed E-state index contributed by atoms with van der Waals surface area (Å²) in [4.78, 5) is 2.71. The third-order valence-corrected chi connectivity index (χ3v) is 12.2. The molecule has 1 unspecified atom stereocenters. The van der Waals surface area contributed by atoms with E-state index in [0.717, 1.165) is 42.8 Å². The average Bonchev–Trinajstić information content (AvgIpc) is 3.00. The summed E-state index contributed by atoms with van der Waals surface area (Å²) >= 11 is 0. The average molecular weight is 588 g/mol. The van der Waals surface area contributed by atoms with Crippen molar-refractivity contribution >= 4 is 11.8 Å². The van der Waals surface area contributed by atoms with Gasteiger partial charge in [-0.05, 0) is 139 Å². The summed E-state index contributed by atoms with van der Waals surface area (Å²) in [6.07, 6.45) is 24.8. The first-order chi connectivity index (χ1) is 21.3. The Morgan fingerprint density at radius 2 is 1.68 bits per heavy atom. The summed E-state index contributed by atoms with van der Waals surface area (Å²) in [5, 5.41) is 19.2. The largest absolute Gasteiger partial charge is 0.462 e. The molecule has 0 radical (unpaired) electrons. The number of nitrogens with zero attached hydrogens (tertiary/aromatic N) is 3. The van der Waals surface area contributed by atoms with Crippen LogP contribution in [0.5, 0.6) is 0 Å². The molecule has 4 aliphatic carbocycles. The molecule has 4 nitrogen and oxygen atoms in total. The second kappa shape index (κ2) is 11.6. The van der Waals surface area contributed by atoms with Crippen LogP contribution in [0.1, 0.15) is 127 Å². The molecule has 3 aliphatic heterocycles. The van der Waals surface area contributed by atoms with Crippen LogP contribution in [0.15, 0.2) is 53.0 Å². The molecule has 1 atom stereocenters. The zero-order chi connectivity index (χ0) is 30.5. The van der Waals surface area contributed by atoms with E-state index in [9.17, 15) is 10.5 Å². The van der Waals surface area contributed by atoms with Gasteiger partial charge in [-0.2, -0.15) is 10.5 Å². The summed E-state index contributed by atoms with van der Waals surface area (Å²) in [6.45, 7) is 9.47. The van der Waals surface area contributed by atoms with Crippen molar-refractivity contribution in [1.82, 2.24) is 0 Å². The summed E-state index contributed by atoms with van der Waals surface area (Å²) < 4.78 is 6.36. The number of ether oxygens (including phenoxy) is 1. The third-order valence-electron chi connectivity index (χ3n) is 12.2. The molecule has 3 heterocycles. The lowest BCUT2D eigenvalue weighted by molar-refractivity contribution is -0.0704. The van der Waals surface area contributed by atoms with Crippen LogP contribution in [0.25, 0.3) is 6.08 Å². The molecule has 0 aromatic heterocycles. The van der Waals surface area contributed by atoms with Gasteiger partial charge in [0.2, 0.25) is 0 Å². The summed E-state index contributed by atoms with van der Waals surface area (Å²) in [6, 6.07) is 9.15. The van der Waals surface area contributed by atoms with Crippen molar-refractivity contribution in [2.45, 2.75) is 116 Å². The van der Waals surface area contributed by atoms with E-state index in [4.69, 9.17) is 4.74 Å². The summed E-state index contributed by atoms with van der Waals surface area (Å²) in [5.41, 5.74) is 7.39. The highest BCUT2D eigenvalue weighted by Crippen LogP contribution is 2.67. The molecular formula is C40H49N3O. The van der Waals surface area contributed by atoms with Gasteiger partial charge in [0.15, 0.2) is 0 Å². The van der Waals surface area contributed by atoms with Gasteiger partial charge in [0.1, 0.15) is 29.2 Å². The van der Waals surface area contributed by atoms with E-state index in [0.29, 0.717) is 22.7 Å². The minimum Gasteiger partial charge on any atom is -0.462 e. The maximum Gasteiger partial charge on any atom is 0.137 e. The van der Waals surface area contributed by atoms with E-state index in [1.807, 2.05) is 12.2 Å². The van der Waals surface area contributed by atoms with Crippen LogP contribution in [0.4, 0.5) is 5.69 Å². The lowest BCUT2D eigenvalue weighted by Gasteiger charge is -2.61. The first kappa shape index (κ1) is 29.5. The lowest BCUT2D eigenvalue weighted by atomic mass is 9.45. The maximum atomic E-state index is 9.61. The Morgan fingerprint density at radius 1 is 0.955 bits per heavy atom. The minimum absolute atomic E-state index is 0.142. The van der Waals surface area contributed by atoms with Crippen molar-refractivity contribution in [2.24, 2.45) is 23.2 Å². The van der Waals surface area contributed by atoms with Gasteiger partial charge in [-0.3, -0.25) is 0 Å². The van der Waals surface area contributed by atoms with Gasteiger partial charge in [0, 0.05) is 30.8 Å². The molecule has 4 saturated carbocycles. The number of allylic oxidation sites excluding steroid dienone is 6. The molecule has 0 spiro atoms. The molecule has 4 fully saturated rings. The number of hydrogen-bond acceptors (Lipinski definition) is 4. The first-order valence-corrected chi connectivity index (χ1v) is 17.6. The van der Waals surface area contributed by atoms with Gasteiger partial charge in [-0.25, -0.2) is 0 Å². The quantitative estimate of drug-likeness (QED) is 0.224. The molecule has 1 aromatic rings. The van der Waals surface area contributed by atoms with Gasteiger partial charge in [0.25, 0.3) is 0 Å². The van der Waals surface area contributed by atoms with Gasteiger partial charge in [-0.1, -0.05) is 46.1 Å². The van der Waals surface area contributed by atoms with Gasteiger partial charge in [0.05, 0.1) is 0 Å². The zero-order valence-electron chi connectivity index (χ0n) is 27.1. The maximum absolute atomic E-state index is 9.61. The Labute approximate surface area is 265 Å². The standard InChI is InChI=1S/C40H49N3O/c1-4-5-6-7-8-33-20-31(32(25-41)26-42)21-34(44-33)10-9-27-18-35-36(40-22-28-15-29(23-40)17-30(16-28)24-40)11-13-43-14-12-39(2,3)37(19-27)38(35)43/h9-10,18-21,28-30,36H,4-8,11-17,22-24H2,1-3H3/b10-9+. The van der Waals surface area contributed by atoms with E-state index < -0.39 is 0 Å². The Bertz CT molecular complexity index is 1470.